The first-order valence-electron chi connectivity index (χ1n) is 7.19. The molecule has 2 saturated heterocycles. The third-order valence-electron chi connectivity index (χ3n) is 3.98. The summed E-state index contributed by atoms with van der Waals surface area (Å²) in [5.74, 6) is -0.00501. The molecule has 1 amide bonds. The van der Waals surface area contributed by atoms with Crippen molar-refractivity contribution in [3.63, 3.8) is 0 Å². The molecule has 3 atom stereocenters. The number of amides is 1. The average molecular weight is 338 g/mol. The third-order valence-corrected chi connectivity index (χ3v) is 5.54. The third kappa shape index (κ3) is 2.66. The number of rotatable bonds is 5. The Morgan fingerprint density at radius 1 is 1.57 bits per heavy atom. The van der Waals surface area contributed by atoms with E-state index in [1.165, 1.54) is 22.9 Å². The molecule has 2 aliphatic heterocycles. The Balaban J connectivity index is 1.72. The van der Waals surface area contributed by atoms with E-state index in [9.17, 15) is 14.7 Å². The van der Waals surface area contributed by atoms with Gasteiger partial charge in [-0.1, -0.05) is 0 Å². The number of methoxy groups -OCH3 is 1. The smallest absolute Gasteiger partial charge is 0.327 e. The molecule has 1 aromatic rings. The van der Waals surface area contributed by atoms with Gasteiger partial charge in [-0.2, -0.15) is 0 Å². The van der Waals surface area contributed by atoms with E-state index in [0.717, 1.165) is 0 Å². The maximum atomic E-state index is 12.3. The van der Waals surface area contributed by atoms with Gasteiger partial charge in [-0.25, -0.2) is 4.79 Å². The van der Waals surface area contributed by atoms with Crippen LogP contribution in [-0.2, 0) is 20.9 Å². The Morgan fingerprint density at radius 3 is 2.96 bits per heavy atom. The van der Waals surface area contributed by atoms with Crippen molar-refractivity contribution in [3.8, 4) is 0 Å². The number of carbonyl (C=O) groups is 2. The SMILES string of the molecule is COCc1ccc(C=NC2C(=O)N3C2SC(C)(C)C3C(=O)O)o1. The number of furan rings is 1. The van der Waals surface area contributed by atoms with E-state index in [4.69, 9.17) is 9.15 Å². The van der Waals surface area contributed by atoms with Crippen LogP contribution in [0.1, 0.15) is 25.4 Å². The van der Waals surface area contributed by atoms with Gasteiger partial charge in [0.2, 0.25) is 0 Å². The molecule has 0 aromatic carbocycles. The molecular formula is C15H18N2O5S. The summed E-state index contributed by atoms with van der Waals surface area (Å²) < 4.78 is 9.93. The molecular weight excluding hydrogens is 320 g/mol. The van der Waals surface area contributed by atoms with Crippen LogP contribution in [0, 0.1) is 0 Å². The number of hydrogen-bond donors (Lipinski definition) is 1. The molecule has 0 spiro atoms. The molecule has 3 unspecified atom stereocenters. The number of carbonyl (C=O) groups excluding carboxylic acids is 1. The molecule has 2 aliphatic rings. The van der Waals surface area contributed by atoms with Gasteiger partial charge in [0.05, 0.1) is 6.21 Å². The van der Waals surface area contributed by atoms with Crippen molar-refractivity contribution in [1.82, 2.24) is 4.90 Å². The Kier molecular flexibility index (Phi) is 3.97. The zero-order valence-corrected chi connectivity index (χ0v) is 13.9. The van der Waals surface area contributed by atoms with E-state index in [1.807, 2.05) is 13.8 Å². The lowest BCUT2D eigenvalue weighted by Gasteiger charge is -2.41. The fraction of sp³-hybridized carbons (Fsp3) is 0.533. The van der Waals surface area contributed by atoms with Crippen LogP contribution < -0.4 is 0 Å². The Hall–Kier alpha value is -1.80. The Morgan fingerprint density at radius 2 is 2.30 bits per heavy atom. The number of fused-ring (bicyclic) bond motifs is 1. The number of carboxylic acids is 1. The Labute approximate surface area is 137 Å². The first-order valence-corrected chi connectivity index (χ1v) is 8.07. The highest BCUT2D eigenvalue weighted by molar-refractivity contribution is 8.01. The van der Waals surface area contributed by atoms with Gasteiger partial charge in [-0.3, -0.25) is 9.79 Å². The van der Waals surface area contributed by atoms with Crippen molar-refractivity contribution in [1.29, 1.82) is 0 Å². The van der Waals surface area contributed by atoms with Crippen LogP contribution in [0.2, 0.25) is 0 Å². The first-order chi connectivity index (χ1) is 10.8. The van der Waals surface area contributed by atoms with Gasteiger partial charge in [0, 0.05) is 11.9 Å². The molecule has 23 heavy (non-hydrogen) atoms. The van der Waals surface area contributed by atoms with Gasteiger partial charge >= 0.3 is 5.97 Å². The predicted molar refractivity (Wildman–Crippen MR) is 84.5 cm³/mol. The maximum Gasteiger partial charge on any atom is 0.327 e. The van der Waals surface area contributed by atoms with E-state index < -0.39 is 22.8 Å². The highest BCUT2D eigenvalue weighted by Gasteiger charge is 2.63. The molecule has 124 valence electrons. The lowest BCUT2D eigenvalue weighted by atomic mass is 9.96. The van der Waals surface area contributed by atoms with E-state index in [0.29, 0.717) is 18.1 Å². The minimum atomic E-state index is -0.976. The molecule has 0 aliphatic carbocycles. The number of aliphatic carboxylic acids is 1. The van der Waals surface area contributed by atoms with Crippen LogP contribution in [0.15, 0.2) is 21.5 Å². The largest absolute Gasteiger partial charge is 0.480 e. The van der Waals surface area contributed by atoms with E-state index in [-0.39, 0.29) is 11.3 Å². The fourth-order valence-corrected chi connectivity index (χ4v) is 4.59. The van der Waals surface area contributed by atoms with Gasteiger partial charge < -0.3 is 19.2 Å². The van der Waals surface area contributed by atoms with Crippen LogP contribution in [0.4, 0.5) is 0 Å². The van der Waals surface area contributed by atoms with Crippen molar-refractivity contribution in [3.05, 3.63) is 23.7 Å². The van der Waals surface area contributed by atoms with Crippen molar-refractivity contribution >= 4 is 29.9 Å². The van der Waals surface area contributed by atoms with Crippen LogP contribution in [-0.4, -0.2) is 57.4 Å². The van der Waals surface area contributed by atoms with Gasteiger partial charge in [0.1, 0.15) is 29.5 Å². The number of thioether (sulfide) groups is 1. The summed E-state index contributed by atoms with van der Waals surface area (Å²) in [4.78, 5) is 29.4. The molecule has 0 bridgehead atoms. The van der Waals surface area contributed by atoms with Crippen molar-refractivity contribution < 1.29 is 23.8 Å². The minimum absolute atomic E-state index is 0.233. The lowest BCUT2D eigenvalue weighted by Crippen LogP contribution is -2.64. The van der Waals surface area contributed by atoms with Crippen molar-refractivity contribution in [2.75, 3.05) is 7.11 Å². The highest BCUT2D eigenvalue weighted by atomic mass is 32.2. The Bertz CT molecular complexity index is 669. The van der Waals surface area contributed by atoms with Crippen LogP contribution in [0.25, 0.3) is 0 Å². The second-order valence-electron chi connectivity index (χ2n) is 6.06. The van der Waals surface area contributed by atoms with Crippen LogP contribution >= 0.6 is 11.8 Å². The van der Waals surface area contributed by atoms with Crippen LogP contribution in [0.3, 0.4) is 0 Å². The summed E-state index contributed by atoms with van der Waals surface area (Å²) in [5.41, 5.74) is 0. The molecule has 1 N–H and O–H groups in total. The van der Waals surface area contributed by atoms with Gasteiger partial charge in [-0.05, 0) is 26.0 Å². The van der Waals surface area contributed by atoms with Gasteiger partial charge in [0.25, 0.3) is 5.91 Å². The average Bonchev–Trinajstić information content (AvgIpc) is 3.00. The first kappa shape index (κ1) is 16.1. The second-order valence-corrected chi connectivity index (χ2v) is 7.83. The fourth-order valence-electron chi connectivity index (χ4n) is 2.97. The summed E-state index contributed by atoms with van der Waals surface area (Å²) in [6.45, 7) is 4.05. The van der Waals surface area contributed by atoms with E-state index >= 15 is 0 Å². The number of β-lactam (4-membered cyclic amide) rings is 1. The highest BCUT2D eigenvalue weighted by Crippen LogP contribution is 2.51. The van der Waals surface area contributed by atoms with Crippen molar-refractivity contribution in [2.24, 2.45) is 4.99 Å². The summed E-state index contributed by atoms with van der Waals surface area (Å²) in [6, 6.07) is 2.17. The topological polar surface area (TPSA) is 92.3 Å². The number of ether oxygens (including phenoxy) is 1. The van der Waals surface area contributed by atoms with Gasteiger partial charge in [0.15, 0.2) is 6.04 Å². The van der Waals surface area contributed by atoms with Crippen molar-refractivity contribution in [2.45, 2.75) is 42.7 Å². The molecule has 3 heterocycles. The monoisotopic (exact) mass is 338 g/mol. The summed E-state index contributed by atoms with van der Waals surface area (Å²) in [6.07, 6.45) is 1.51. The lowest BCUT2D eigenvalue weighted by molar-refractivity contribution is -0.158. The number of hydrogen-bond acceptors (Lipinski definition) is 6. The van der Waals surface area contributed by atoms with E-state index in [1.54, 1.807) is 19.2 Å². The quantitative estimate of drug-likeness (QED) is 0.644. The maximum absolute atomic E-state index is 12.3. The standard InChI is InChI=1S/C15H18N2O5S/c1-15(2)11(14(19)20)17-12(18)10(13(17)23-15)16-6-8-4-5-9(22-8)7-21-3/h4-6,10-11,13H,7H2,1-3H3,(H,19,20). The predicted octanol–water partition coefficient (Wildman–Crippen LogP) is 1.36. The molecule has 0 saturated carbocycles. The second kappa shape index (κ2) is 5.68. The normalized spacial score (nSPS) is 28.9. The molecule has 7 nitrogen and oxygen atoms in total. The summed E-state index contributed by atoms with van der Waals surface area (Å²) in [5, 5.41) is 9.13. The molecule has 3 rings (SSSR count). The molecule has 0 radical (unpaired) electrons. The van der Waals surface area contributed by atoms with Gasteiger partial charge in [-0.15, -0.1) is 11.8 Å². The zero-order chi connectivity index (χ0) is 16.8. The summed E-state index contributed by atoms with van der Waals surface area (Å²) in [7, 11) is 1.58. The number of nitrogens with zero attached hydrogens (tertiary/aromatic N) is 2. The number of aliphatic imine (C=N–C) groups is 1. The molecule has 8 heteroatoms. The van der Waals surface area contributed by atoms with E-state index in [2.05, 4.69) is 4.99 Å². The number of carboxylic acid groups (broad SMARTS) is 1. The van der Waals surface area contributed by atoms with Crippen LogP contribution in [0.5, 0.6) is 0 Å². The zero-order valence-electron chi connectivity index (χ0n) is 13.1. The minimum Gasteiger partial charge on any atom is -0.480 e. The summed E-state index contributed by atoms with van der Waals surface area (Å²) >= 11 is 1.47. The molecule has 2 fully saturated rings. The molecule has 1 aromatic heterocycles.